The summed E-state index contributed by atoms with van der Waals surface area (Å²) in [6.45, 7) is 3.22. The van der Waals surface area contributed by atoms with Gasteiger partial charge in [0.15, 0.2) is 0 Å². The number of hydrogen-bond acceptors (Lipinski definition) is 0. The van der Waals surface area contributed by atoms with Gasteiger partial charge in [-0.2, -0.15) is 0 Å². The van der Waals surface area contributed by atoms with Gasteiger partial charge in [-0.15, -0.1) is 0 Å². The van der Waals surface area contributed by atoms with Gasteiger partial charge in [-0.1, -0.05) is 0 Å². The van der Waals surface area contributed by atoms with Crippen molar-refractivity contribution >= 4 is 0 Å². The van der Waals surface area contributed by atoms with Crippen molar-refractivity contribution in [1.82, 2.24) is 0 Å². The maximum atomic E-state index is 9.53. The van der Waals surface area contributed by atoms with E-state index >= 15 is 0 Å². The average Bonchev–Trinajstić information content (AvgIpc) is 0.811. The predicted molar refractivity (Wildman–Crippen MR) is 15.8 cm³/mol. The molecule has 1 nitrogen and oxygen atoms in total. The van der Waals surface area contributed by atoms with Crippen molar-refractivity contribution in [3.8, 4) is 0 Å². The molecule has 0 rings (SSSR count). The summed E-state index contributed by atoms with van der Waals surface area (Å²) in [4.78, 5) is 0. The van der Waals surface area contributed by atoms with Crippen LogP contribution >= 0.6 is 0 Å². The van der Waals surface area contributed by atoms with Gasteiger partial charge in [0.25, 0.3) is 0 Å². The van der Waals surface area contributed by atoms with E-state index in [1.807, 2.05) is 0 Å². The molecule has 2 radical (unpaired) electrons. The minimum absolute atomic E-state index is 0. The third-order valence-electron chi connectivity index (χ3n) is 0. The van der Waals surface area contributed by atoms with Crippen LogP contribution in [0.15, 0.2) is 0 Å². The molecule has 5 heavy (non-hydrogen) atoms. The Morgan fingerprint density at radius 2 is 1.40 bits per heavy atom. The van der Waals surface area contributed by atoms with Crippen LogP contribution in [0.2, 0.25) is 0 Å². The van der Waals surface area contributed by atoms with E-state index in [2.05, 4.69) is 0 Å². The Balaban J connectivity index is 0. The third-order valence-corrected chi connectivity index (χ3v) is 0. The number of rotatable bonds is 0. The van der Waals surface area contributed by atoms with Gasteiger partial charge < -0.3 is 0 Å². The molecule has 0 atom stereocenters. The summed E-state index contributed by atoms with van der Waals surface area (Å²) in [5.74, 6) is 0. The minimum Gasteiger partial charge on any atom is -0.234 e. The quantitative estimate of drug-likeness (QED) is 0.484. The minimum atomic E-state index is -0.417. The summed E-state index contributed by atoms with van der Waals surface area (Å²) >= 11 is 0. The van der Waals surface area contributed by atoms with Crippen LogP contribution in [0.3, 0.4) is 0 Å². The van der Waals surface area contributed by atoms with Crippen LogP contribution in [0.5, 0.6) is 0 Å². The Hall–Kier alpha value is 1.06. The summed E-state index contributed by atoms with van der Waals surface area (Å²) in [6.07, 6.45) is -0.417. The smallest absolute Gasteiger partial charge is 0.0874 e. The fourth-order valence-corrected chi connectivity index (χ4v) is 0. The van der Waals surface area contributed by atoms with E-state index in [1.54, 1.807) is 13.8 Å². The van der Waals surface area contributed by atoms with Gasteiger partial charge in [0.1, 0.15) is 0 Å². The topological polar surface area (TPSA) is 19.9 Å². The summed E-state index contributed by atoms with van der Waals surface area (Å²) in [5.41, 5.74) is 0. The molecule has 0 fully saturated rings. The van der Waals surface area contributed by atoms with Crippen molar-refractivity contribution in [2.24, 2.45) is 0 Å². The molecule has 0 aromatic rings. The Bertz CT molecular complexity index is 11.6. The molecule has 0 aromatic heterocycles. The number of hydrogen-bond donors (Lipinski definition) is 0. The Labute approximate surface area is 57.6 Å². The van der Waals surface area contributed by atoms with Gasteiger partial charge in [0, 0.05) is 32.7 Å². The predicted octanol–water partition coefficient (Wildman–Crippen LogP) is 0.823. The fourth-order valence-electron chi connectivity index (χ4n) is 0. The van der Waals surface area contributed by atoms with E-state index in [4.69, 9.17) is 0 Å². The third kappa shape index (κ3) is 42.0. The molecule has 0 amide bonds. The molecule has 0 heterocycles. The zero-order valence-electron chi connectivity index (χ0n) is 3.56. The zero-order chi connectivity index (χ0) is 3.58. The van der Waals surface area contributed by atoms with Crippen molar-refractivity contribution in [2.45, 2.75) is 20.0 Å². The van der Waals surface area contributed by atoms with Crippen LogP contribution in [-0.2, 0) is 37.8 Å². The molecular weight excluding hydrogens is 141 g/mol. The van der Waals surface area contributed by atoms with Crippen molar-refractivity contribution < 1.29 is 37.8 Å². The Morgan fingerprint density at radius 3 is 1.40 bits per heavy atom. The molecule has 0 aliphatic rings. The second-order valence-corrected chi connectivity index (χ2v) is 1.05. The van der Waals surface area contributed by atoms with Crippen molar-refractivity contribution in [2.75, 3.05) is 0 Å². The van der Waals surface area contributed by atoms with E-state index in [-0.39, 0.29) is 32.7 Å². The maximum absolute atomic E-state index is 9.53. The van der Waals surface area contributed by atoms with Gasteiger partial charge in [-0.3, -0.25) is 0 Å². The SMILES string of the molecule is CC(C)[O].[Y]. The van der Waals surface area contributed by atoms with E-state index in [1.165, 1.54) is 0 Å². The molecule has 0 aromatic carbocycles. The van der Waals surface area contributed by atoms with E-state index < -0.39 is 6.10 Å². The van der Waals surface area contributed by atoms with Gasteiger partial charge in [-0.05, 0) is 13.8 Å². The van der Waals surface area contributed by atoms with Crippen molar-refractivity contribution in [1.29, 1.82) is 0 Å². The first-order chi connectivity index (χ1) is 1.73. The molecule has 2 heteroatoms. The van der Waals surface area contributed by atoms with Crippen molar-refractivity contribution in [3.05, 3.63) is 0 Å². The molecule has 0 N–H and O–H groups in total. The summed E-state index contributed by atoms with van der Waals surface area (Å²) in [5, 5.41) is 9.53. The van der Waals surface area contributed by atoms with E-state index in [9.17, 15) is 5.11 Å². The van der Waals surface area contributed by atoms with Crippen LogP contribution in [0.25, 0.3) is 0 Å². The van der Waals surface area contributed by atoms with Crippen LogP contribution in [0.4, 0.5) is 0 Å². The summed E-state index contributed by atoms with van der Waals surface area (Å²) in [7, 11) is 0. The average molecular weight is 148 g/mol. The molecule has 0 saturated heterocycles. The molecule has 0 spiro atoms. The maximum Gasteiger partial charge on any atom is 0.0874 e. The van der Waals surface area contributed by atoms with Crippen LogP contribution < -0.4 is 0 Å². The molecule has 0 unspecified atom stereocenters. The zero-order valence-corrected chi connectivity index (χ0v) is 6.40. The molecule has 0 aliphatic heterocycles. The van der Waals surface area contributed by atoms with Gasteiger partial charge in [-0.25, -0.2) is 5.11 Å². The van der Waals surface area contributed by atoms with Gasteiger partial charge >= 0.3 is 0 Å². The second-order valence-electron chi connectivity index (χ2n) is 1.05. The fraction of sp³-hybridized carbons (Fsp3) is 1.00. The summed E-state index contributed by atoms with van der Waals surface area (Å²) in [6, 6.07) is 0. The molecule has 0 bridgehead atoms. The first kappa shape index (κ1) is 9.42. The summed E-state index contributed by atoms with van der Waals surface area (Å²) < 4.78 is 0. The van der Waals surface area contributed by atoms with Crippen LogP contribution in [-0.4, -0.2) is 6.10 Å². The second kappa shape index (κ2) is 5.06. The monoisotopic (exact) mass is 148 g/mol. The first-order valence-corrected chi connectivity index (χ1v) is 1.39. The Kier molecular flexibility index (Phi) is 9.54. The molecule has 0 aliphatic carbocycles. The van der Waals surface area contributed by atoms with E-state index in [0.29, 0.717) is 0 Å². The van der Waals surface area contributed by atoms with Crippen molar-refractivity contribution in [3.63, 3.8) is 0 Å². The van der Waals surface area contributed by atoms with Crippen LogP contribution in [0, 0.1) is 0 Å². The van der Waals surface area contributed by atoms with Crippen LogP contribution in [0.1, 0.15) is 13.8 Å². The standard InChI is InChI=1S/C3H7O.Y/c1-3(2)4;/h3H,1-2H3;. The molecular formula is C3H7OY. The largest absolute Gasteiger partial charge is 0.234 e. The van der Waals surface area contributed by atoms with Gasteiger partial charge in [0.2, 0.25) is 0 Å². The van der Waals surface area contributed by atoms with Gasteiger partial charge in [0.05, 0.1) is 6.10 Å². The molecule has 28 valence electrons. The van der Waals surface area contributed by atoms with E-state index in [0.717, 1.165) is 0 Å². The first-order valence-electron chi connectivity index (χ1n) is 1.39. The molecule has 0 saturated carbocycles. The Morgan fingerprint density at radius 1 is 1.40 bits per heavy atom. The normalized spacial score (nSPS) is 7.20.